The second-order valence-corrected chi connectivity index (χ2v) is 8.13. The zero-order valence-electron chi connectivity index (χ0n) is 19.5. The second kappa shape index (κ2) is 17.3. The highest BCUT2D eigenvalue weighted by molar-refractivity contribution is 5.80. The van der Waals surface area contributed by atoms with E-state index in [1.54, 1.807) is 0 Å². The summed E-state index contributed by atoms with van der Waals surface area (Å²) in [4.78, 5) is 35.5. The van der Waals surface area contributed by atoms with Crippen LogP contribution in [-0.4, -0.2) is 75.9 Å². The molecule has 0 spiro atoms. The van der Waals surface area contributed by atoms with Gasteiger partial charge in [0.2, 0.25) is 5.91 Å². The molecule has 0 atom stereocenters. The summed E-state index contributed by atoms with van der Waals surface area (Å²) in [6.45, 7) is 12.9. The van der Waals surface area contributed by atoms with Crippen LogP contribution in [0, 0.1) is 11.8 Å². The first-order chi connectivity index (χ1) is 14.1. The lowest BCUT2D eigenvalue weighted by atomic mass is 10.1. The normalized spacial score (nSPS) is 11.7. The standard InChI is InChI=1S/C22H41NO7/c1-16(2)20(24)7-9-27-13-19(14-28-10-8-21(25)17(3)4)23-22(26)15-29-11-12-30-18(5)6/h16-19H,7-15H2,1-6H3,(H,23,26). The van der Waals surface area contributed by atoms with Gasteiger partial charge in [-0.15, -0.1) is 0 Å². The van der Waals surface area contributed by atoms with Crippen LogP contribution in [0.4, 0.5) is 0 Å². The molecule has 0 saturated heterocycles. The molecule has 30 heavy (non-hydrogen) atoms. The molecule has 0 fully saturated rings. The Morgan fingerprint density at radius 2 is 1.20 bits per heavy atom. The zero-order valence-corrected chi connectivity index (χ0v) is 19.5. The third-order valence-electron chi connectivity index (χ3n) is 4.19. The summed E-state index contributed by atoms with van der Waals surface area (Å²) in [5.41, 5.74) is 0. The van der Waals surface area contributed by atoms with E-state index in [2.05, 4.69) is 5.32 Å². The molecule has 0 aromatic carbocycles. The van der Waals surface area contributed by atoms with Gasteiger partial charge in [-0.2, -0.15) is 0 Å². The van der Waals surface area contributed by atoms with Gasteiger partial charge in [0.25, 0.3) is 0 Å². The average molecular weight is 432 g/mol. The summed E-state index contributed by atoms with van der Waals surface area (Å²) in [5.74, 6) is -0.0640. The first-order valence-electron chi connectivity index (χ1n) is 10.8. The Bertz CT molecular complexity index is 464. The molecule has 0 aromatic rings. The van der Waals surface area contributed by atoms with Gasteiger partial charge in [0.1, 0.15) is 18.2 Å². The summed E-state index contributed by atoms with van der Waals surface area (Å²) >= 11 is 0. The second-order valence-electron chi connectivity index (χ2n) is 8.13. The van der Waals surface area contributed by atoms with E-state index in [-0.39, 0.29) is 68.4 Å². The molecule has 0 heterocycles. The molecule has 0 aliphatic heterocycles. The number of carbonyl (C=O) groups is 3. The van der Waals surface area contributed by atoms with Crippen LogP contribution in [-0.2, 0) is 33.3 Å². The van der Waals surface area contributed by atoms with Crippen LogP contribution in [0.15, 0.2) is 0 Å². The quantitative estimate of drug-likeness (QED) is 0.313. The third kappa shape index (κ3) is 16.4. The fourth-order valence-corrected chi connectivity index (χ4v) is 2.28. The van der Waals surface area contributed by atoms with Gasteiger partial charge in [-0.25, -0.2) is 0 Å². The van der Waals surface area contributed by atoms with Gasteiger partial charge in [-0.05, 0) is 13.8 Å². The van der Waals surface area contributed by atoms with Gasteiger partial charge in [-0.1, -0.05) is 27.7 Å². The average Bonchev–Trinajstić information content (AvgIpc) is 2.66. The lowest BCUT2D eigenvalue weighted by Gasteiger charge is -2.19. The van der Waals surface area contributed by atoms with Crippen molar-refractivity contribution in [3.8, 4) is 0 Å². The molecular weight excluding hydrogens is 390 g/mol. The molecule has 0 unspecified atom stereocenters. The number of hydrogen-bond acceptors (Lipinski definition) is 7. The van der Waals surface area contributed by atoms with Crippen LogP contribution in [0.1, 0.15) is 54.4 Å². The van der Waals surface area contributed by atoms with Crippen molar-refractivity contribution in [1.82, 2.24) is 5.32 Å². The summed E-state index contributed by atoms with van der Waals surface area (Å²) in [5, 5.41) is 2.81. The number of rotatable bonds is 19. The van der Waals surface area contributed by atoms with Gasteiger partial charge in [0.05, 0.1) is 51.8 Å². The molecular formula is C22H41NO7. The topological polar surface area (TPSA) is 100 Å². The number of ketones is 2. The van der Waals surface area contributed by atoms with Crippen molar-refractivity contribution in [3.05, 3.63) is 0 Å². The zero-order chi connectivity index (χ0) is 22.9. The van der Waals surface area contributed by atoms with Crippen molar-refractivity contribution in [1.29, 1.82) is 0 Å². The van der Waals surface area contributed by atoms with E-state index in [1.165, 1.54) is 0 Å². The molecule has 0 bridgehead atoms. The smallest absolute Gasteiger partial charge is 0.246 e. The van der Waals surface area contributed by atoms with E-state index < -0.39 is 6.04 Å². The van der Waals surface area contributed by atoms with E-state index in [0.717, 1.165) is 0 Å². The summed E-state index contributed by atoms with van der Waals surface area (Å²) < 4.78 is 21.8. The predicted octanol–water partition coefficient (Wildman–Crippen LogP) is 2.18. The molecule has 8 nitrogen and oxygen atoms in total. The van der Waals surface area contributed by atoms with Crippen molar-refractivity contribution in [3.63, 3.8) is 0 Å². The number of Topliss-reactive ketones (excluding diaryl/α,β-unsaturated/α-hetero) is 2. The van der Waals surface area contributed by atoms with E-state index >= 15 is 0 Å². The Balaban J connectivity index is 4.31. The first-order valence-corrected chi connectivity index (χ1v) is 10.8. The van der Waals surface area contributed by atoms with Crippen LogP contribution in [0.2, 0.25) is 0 Å². The van der Waals surface area contributed by atoms with Gasteiger partial charge in [-0.3, -0.25) is 14.4 Å². The highest BCUT2D eigenvalue weighted by atomic mass is 16.5. The van der Waals surface area contributed by atoms with Crippen molar-refractivity contribution in [2.24, 2.45) is 11.8 Å². The molecule has 8 heteroatoms. The Kier molecular flexibility index (Phi) is 16.6. The highest BCUT2D eigenvalue weighted by Gasteiger charge is 2.15. The minimum absolute atomic E-state index is 0.0252. The van der Waals surface area contributed by atoms with E-state index in [4.69, 9.17) is 18.9 Å². The molecule has 1 N–H and O–H groups in total. The van der Waals surface area contributed by atoms with Crippen molar-refractivity contribution in [2.45, 2.75) is 66.5 Å². The van der Waals surface area contributed by atoms with E-state index in [0.29, 0.717) is 26.1 Å². The SMILES string of the molecule is CC(C)OCCOCC(=O)NC(COCCC(=O)C(C)C)COCCC(=O)C(C)C. The van der Waals surface area contributed by atoms with Crippen molar-refractivity contribution >= 4 is 17.5 Å². The monoisotopic (exact) mass is 431 g/mol. The van der Waals surface area contributed by atoms with Crippen LogP contribution in [0.25, 0.3) is 0 Å². The maximum Gasteiger partial charge on any atom is 0.246 e. The maximum atomic E-state index is 12.1. The van der Waals surface area contributed by atoms with Crippen molar-refractivity contribution in [2.75, 3.05) is 46.2 Å². The van der Waals surface area contributed by atoms with Gasteiger partial charge >= 0.3 is 0 Å². The Morgan fingerprint density at radius 3 is 1.63 bits per heavy atom. The Morgan fingerprint density at radius 1 is 0.700 bits per heavy atom. The van der Waals surface area contributed by atoms with Crippen LogP contribution in [0.5, 0.6) is 0 Å². The van der Waals surface area contributed by atoms with Crippen LogP contribution >= 0.6 is 0 Å². The van der Waals surface area contributed by atoms with Crippen LogP contribution in [0.3, 0.4) is 0 Å². The van der Waals surface area contributed by atoms with Crippen molar-refractivity contribution < 1.29 is 33.3 Å². The molecule has 0 saturated carbocycles. The van der Waals surface area contributed by atoms with Crippen LogP contribution < -0.4 is 5.32 Å². The van der Waals surface area contributed by atoms with E-state index in [1.807, 2.05) is 41.5 Å². The minimum atomic E-state index is -0.392. The van der Waals surface area contributed by atoms with Gasteiger partial charge in [0, 0.05) is 24.7 Å². The third-order valence-corrected chi connectivity index (χ3v) is 4.19. The Labute approximate surface area is 181 Å². The minimum Gasteiger partial charge on any atom is -0.379 e. The van der Waals surface area contributed by atoms with Gasteiger partial charge < -0.3 is 24.3 Å². The summed E-state index contributed by atoms with van der Waals surface area (Å²) in [6.07, 6.45) is 0.786. The molecule has 0 aliphatic rings. The molecule has 0 radical (unpaired) electrons. The lowest BCUT2D eigenvalue weighted by molar-refractivity contribution is -0.129. The number of nitrogens with one attached hydrogen (secondary N) is 1. The molecule has 0 rings (SSSR count). The van der Waals surface area contributed by atoms with Gasteiger partial charge in [0.15, 0.2) is 0 Å². The summed E-state index contributed by atoms with van der Waals surface area (Å²) in [6, 6.07) is -0.392. The fourth-order valence-electron chi connectivity index (χ4n) is 2.28. The molecule has 176 valence electrons. The number of hydrogen-bond donors (Lipinski definition) is 1. The highest BCUT2D eigenvalue weighted by Crippen LogP contribution is 2.01. The number of amides is 1. The molecule has 1 amide bonds. The lowest BCUT2D eigenvalue weighted by Crippen LogP contribution is -2.43. The molecule has 0 aromatic heterocycles. The predicted molar refractivity (Wildman–Crippen MR) is 114 cm³/mol. The molecule has 0 aliphatic carbocycles. The largest absolute Gasteiger partial charge is 0.379 e. The Hall–Kier alpha value is -1.35. The maximum absolute atomic E-state index is 12.1. The number of carbonyl (C=O) groups excluding carboxylic acids is 3. The van der Waals surface area contributed by atoms with E-state index in [9.17, 15) is 14.4 Å². The fraction of sp³-hybridized carbons (Fsp3) is 0.864. The first kappa shape index (κ1) is 28.6. The summed E-state index contributed by atoms with van der Waals surface area (Å²) in [7, 11) is 0. The number of ether oxygens (including phenoxy) is 4.